The second-order valence-electron chi connectivity index (χ2n) is 4.16. The molecule has 0 aliphatic rings. The monoisotopic (exact) mass is 201 g/mol. The molecule has 0 aliphatic heterocycles. The van der Waals surface area contributed by atoms with E-state index in [1.165, 1.54) is 32.1 Å². The Morgan fingerprint density at radius 2 is 1.64 bits per heavy atom. The number of rotatable bonds is 10. The van der Waals surface area contributed by atoms with Crippen LogP contribution in [0.1, 0.15) is 58.8 Å². The molecule has 0 radical (unpaired) electrons. The van der Waals surface area contributed by atoms with Gasteiger partial charge in [-0.2, -0.15) is 0 Å². The number of aliphatic hydroxyl groups excluding tert-OH is 1. The molecule has 0 bridgehead atoms. The van der Waals surface area contributed by atoms with Crippen molar-refractivity contribution in [2.45, 2.75) is 64.9 Å². The second kappa shape index (κ2) is 11.0. The van der Waals surface area contributed by atoms with Crippen LogP contribution >= 0.6 is 0 Å². The van der Waals surface area contributed by atoms with Gasteiger partial charge in [0.25, 0.3) is 0 Å². The van der Waals surface area contributed by atoms with E-state index in [-0.39, 0.29) is 6.10 Å². The number of unbranched alkanes of at least 4 members (excludes halogenated alkanes) is 4. The van der Waals surface area contributed by atoms with Gasteiger partial charge in [-0.05, 0) is 39.3 Å². The zero-order chi connectivity index (χ0) is 10.6. The third-order valence-electron chi connectivity index (χ3n) is 2.43. The lowest BCUT2D eigenvalue weighted by molar-refractivity contribution is 0.181. The summed E-state index contributed by atoms with van der Waals surface area (Å²) in [4.78, 5) is 0. The summed E-state index contributed by atoms with van der Waals surface area (Å²) in [7, 11) is 0. The average Bonchev–Trinajstić information content (AvgIpc) is 2.15. The molecule has 0 aromatic carbocycles. The Labute approximate surface area is 89.1 Å². The Morgan fingerprint density at radius 3 is 2.29 bits per heavy atom. The van der Waals surface area contributed by atoms with Gasteiger partial charge in [-0.15, -0.1) is 0 Å². The SMILES string of the molecule is CCCCCCCNCCCC(C)O. The van der Waals surface area contributed by atoms with Crippen molar-refractivity contribution in [2.24, 2.45) is 0 Å². The van der Waals surface area contributed by atoms with Gasteiger partial charge in [0, 0.05) is 0 Å². The molecule has 0 amide bonds. The first-order valence-corrected chi connectivity index (χ1v) is 6.16. The second-order valence-corrected chi connectivity index (χ2v) is 4.16. The Kier molecular flexibility index (Phi) is 10.9. The molecule has 0 aromatic heterocycles. The summed E-state index contributed by atoms with van der Waals surface area (Å²) in [5, 5.41) is 12.4. The van der Waals surface area contributed by atoms with Gasteiger partial charge < -0.3 is 10.4 Å². The van der Waals surface area contributed by atoms with Gasteiger partial charge in [0.2, 0.25) is 0 Å². The third kappa shape index (κ3) is 11.9. The first kappa shape index (κ1) is 13.9. The minimum atomic E-state index is -0.138. The Morgan fingerprint density at radius 1 is 1.00 bits per heavy atom. The van der Waals surface area contributed by atoms with Crippen LogP contribution in [0.3, 0.4) is 0 Å². The van der Waals surface area contributed by atoms with Crippen molar-refractivity contribution >= 4 is 0 Å². The standard InChI is InChI=1S/C12H27NO/c1-3-4-5-6-7-10-13-11-8-9-12(2)14/h12-14H,3-11H2,1-2H3. The Hall–Kier alpha value is -0.0800. The molecule has 0 aromatic rings. The van der Waals surface area contributed by atoms with Crippen LogP contribution in [-0.2, 0) is 0 Å². The number of nitrogens with one attached hydrogen (secondary N) is 1. The van der Waals surface area contributed by atoms with E-state index in [1.807, 2.05) is 6.92 Å². The molecule has 1 atom stereocenters. The van der Waals surface area contributed by atoms with Crippen LogP contribution in [0.25, 0.3) is 0 Å². The molecule has 2 heteroatoms. The normalized spacial score (nSPS) is 13.1. The van der Waals surface area contributed by atoms with Crippen molar-refractivity contribution in [3.63, 3.8) is 0 Å². The summed E-state index contributed by atoms with van der Waals surface area (Å²) < 4.78 is 0. The van der Waals surface area contributed by atoms with E-state index < -0.39 is 0 Å². The third-order valence-corrected chi connectivity index (χ3v) is 2.43. The Balaban J connectivity index is 2.85. The summed E-state index contributed by atoms with van der Waals surface area (Å²) in [6.45, 7) is 6.29. The summed E-state index contributed by atoms with van der Waals surface area (Å²) >= 11 is 0. The van der Waals surface area contributed by atoms with Crippen LogP contribution in [0.15, 0.2) is 0 Å². The summed E-state index contributed by atoms with van der Waals surface area (Å²) in [5.74, 6) is 0. The smallest absolute Gasteiger partial charge is 0.0512 e. The summed E-state index contributed by atoms with van der Waals surface area (Å²) in [6, 6.07) is 0. The lowest BCUT2D eigenvalue weighted by Gasteiger charge is -2.05. The molecule has 86 valence electrons. The molecule has 0 saturated carbocycles. The van der Waals surface area contributed by atoms with Gasteiger partial charge in [-0.25, -0.2) is 0 Å². The maximum absolute atomic E-state index is 9.02. The minimum absolute atomic E-state index is 0.138. The highest BCUT2D eigenvalue weighted by Crippen LogP contribution is 2.01. The van der Waals surface area contributed by atoms with Crippen molar-refractivity contribution in [1.29, 1.82) is 0 Å². The highest BCUT2D eigenvalue weighted by atomic mass is 16.3. The van der Waals surface area contributed by atoms with Crippen LogP contribution in [0.4, 0.5) is 0 Å². The molecule has 2 N–H and O–H groups in total. The lowest BCUT2D eigenvalue weighted by atomic mass is 10.1. The molecule has 14 heavy (non-hydrogen) atoms. The molecule has 0 fully saturated rings. The molecule has 1 unspecified atom stereocenters. The topological polar surface area (TPSA) is 32.3 Å². The summed E-state index contributed by atoms with van der Waals surface area (Å²) in [6.07, 6.45) is 8.61. The molecule has 2 nitrogen and oxygen atoms in total. The zero-order valence-electron chi connectivity index (χ0n) is 9.89. The summed E-state index contributed by atoms with van der Waals surface area (Å²) in [5.41, 5.74) is 0. The van der Waals surface area contributed by atoms with Crippen LogP contribution in [0.5, 0.6) is 0 Å². The van der Waals surface area contributed by atoms with Crippen LogP contribution in [0.2, 0.25) is 0 Å². The maximum atomic E-state index is 9.02. The largest absolute Gasteiger partial charge is 0.393 e. The van der Waals surface area contributed by atoms with Gasteiger partial charge in [-0.1, -0.05) is 32.6 Å². The highest BCUT2D eigenvalue weighted by molar-refractivity contribution is 4.52. The van der Waals surface area contributed by atoms with Gasteiger partial charge in [0.15, 0.2) is 0 Å². The first-order valence-electron chi connectivity index (χ1n) is 6.16. The van der Waals surface area contributed by atoms with Crippen molar-refractivity contribution in [1.82, 2.24) is 5.32 Å². The predicted octanol–water partition coefficient (Wildman–Crippen LogP) is 2.71. The van der Waals surface area contributed by atoms with Crippen LogP contribution in [-0.4, -0.2) is 24.3 Å². The minimum Gasteiger partial charge on any atom is -0.393 e. The molecule has 0 heterocycles. The van der Waals surface area contributed by atoms with Crippen LogP contribution < -0.4 is 5.32 Å². The van der Waals surface area contributed by atoms with Gasteiger partial charge in [-0.3, -0.25) is 0 Å². The molecule has 0 spiro atoms. The van der Waals surface area contributed by atoms with E-state index in [1.54, 1.807) is 0 Å². The van der Waals surface area contributed by atoms with E-state index in [0.29, 0.717) is 0 Å². The molecular formula is C12H27NO. The van der Waals surface area contributed by atoms with Crippen molar-refractivity contribution < 1.29 is 5.11 Å². The van der Waals surface area contributed by atoms with Crippen molar-refractivity contribution in [3.8, 4) is 0 Å². The molecule has 0 aliphatic carbocycles. The fourth-order valence-electron chi connectivity index (χ4n) is 1.50. The highest BCUT2D eigenvalue weighted by Gasteiger charge is 1.94. The quantitative estimate of drug-likeness (QED) is 0.533. The van der Waals surface area contributed by atoms with E-state index in [2.05, 4.69) is 12.2 Å². The lowest BCUT2D eigenvalue weighted by Crippen LogP contribution is -2.17. The molecule has 0 saturated heterocycles. The Bertz CT molecular complexity index is 104. The maximum Gasteiger partial charge on any atom is 0.0512 e. The van der Waals surface area contributed by atoms with Gasteiger partial charge in [0.1, 0.15) is 0 Å². The fourth-order valence-corrected chi connectivity index (χ4v) is 1.50. The zero-order valence-corrected chi connectivity index (χ0v) is 9.89. The predicted molar refractivity (Wildman–Crippen MR) is 62.5 cm³/mol. The van der Waals surface area contributed by atoms with E-state index in [9.17, 15) is 0 Å². The molecular weight excluding hydrogens is 174 g/mol. The number of aliphatic hydroxyl groups is 1. The van der Waals surface area contributed by atoms with Gasteiger partial charge >= 0.3 is 0 Å². The van der Waals surface area contributed by atoms with Crippen molar-refractivity contribution in [2.75, 3.05) is 13.1 Å². The fraction of sp³-hybridized carbons (Fsp3) is 1.00. The average molecular weight is 201 g/mol. The van der Waals surface area contributed by atoms with E-state index >= 15 is 0 Å². The molecule has 0 rings (SSSR count). The number of hydrogen-bond donors (Lipinski definition) is 2. The van der Waals surface area contributed by atoms with Crippen molar-refractivity contribution in [3.05, 3.63) is 0 Å². The van der Waals surface area contributed by atoms with E-state index in [4.69, 9.17) is 5.11 Å². The first-order chi connectivity index (χ1) is 6.77. The van der Waals surface area contributed by atoms with Crippen LogP contribution in [0, 0.1) is 0 Å². The number of hydrogen-bond acceptors (Lipinski definition) is 2. The van der Waals surface area contributed by atoms with Gasteiger partial charge in [0.05, 0.1) is 6.10 Å². The van der Waals surface area contributed by atoms with E-state index in [0.717, 1.165) is 25.9 Å².